The molecule has 1 heterocycles. The number of hydrogen-bond acceptors (Lipinski definition) is 4. The Labute approximate surface area is 166 Å². The number of nitriles is 1. The van der Waals surface area contributed by atoms with Gasteiger partial charge in [0.2, 0.25) is 0 Å². The van der Waals surface area contributed by atoms with Crippen LogP contribution in [0.3, 0.4) is 0 Å². The molecule has 0 spiro atoms. The van der Waals surface area contributed by atoms with Crippen LogP contribution in [-0.4, -0.2) is 10.2 Å². The van der Waals surface area contributed by atoms with Crippen molar-refractivity contribution in [1.82, 2.24) is 10.2 Å². The molecule has 4 aromatic rings. The van der Waals surface area contributed by atoms with Crippen molar-refractivity contribution in [3.8, 4) is 17.3 Å². The first kappa shape index (κ1) is 17.5. The Morgan fingerprint density at radius 3 is 2.26 bits per heavy atom. The number of thioether (sulfide) groups is 1. The molecule has 3 nitrogen and oxygen atoms in total. The topological polar surface area (TPSA) is 49.6 Å². The molecule has 0 N–H and O–H groups in total. The summed E-state index contributed by atoms with van der Waals surface area (Å²) in [4.78, 5) is 0. The summed E-state index contributed by atoms with van der Waals surface area (Å²) in [5.74, 6) is 0.769. The normalized spacial score (nSPS) is 10.7. The van der Waals surface area contributed by atoms with Crippen LogP contribution in [0.15, 0.2) is 77.8 Å². The van der Waals surface area contributed by atoms with Gasteiger partial charge in [0.05, 0.1) is 11.6 Å². The van der Waals surface area contributed by atoms with Gasteiger partial charge < -0.3 is 0 Å². The molecule has 0 bridgehead atoms. The van der Waals surface area contributed by atoms with Gasteiger partial charge in [0.25, 0.3) is 0 Å². The van der Waals surface area contributed by atoms with E-state index < -0.39 is 0 Å². The SMILES string of the molecule is N#Cc1ccc(CSc2nnc(-c3ccc(Cl)cc3)c3ccccc23)cc1. The largest absolute Gasteiger partial charge is 0.192 e. The zero-order valence-electron chi connectivity index (χ0n) is 14.3. The van der Waals surface area contributed by atoms with E-state index in [0.29, 0.717) is 10.6 Å². The molecule has 130 valence electrons. The predicted molar refractivity (Wildman–Crippen MR) is 111 cm³/mol. The Hall–Kier alpha value is -2.87. The lowest BCUT2D eigenvalue weighted by Gasteiger charge is -2.09. The van der Waals surface area contributed by atoms with Crippen LogP contribution in [0.2, 0.25) is 5.02 Å². The van der Waals surface area contributed by atoms with Crippen molar-refractivity contribution in [3.05, 3.63) is 88.9 Å². The van der Waals surface area contributed by atoms with Crippen LogP contribution >= 0.6 is 23.4 Å². The van der Waals surface area contributed by atoms with Gasteiger partial charge in [-0.15, -0.1) is 10.2 Å². The highest BCUT2D eigenvalue weighted by atomic mass is 35.5. The minimum atomic E-state index is 0.668. The number of hydrogen-bond donors (Lipinski definition) is 0. The standard InChI is InChI=1S/C22H14ClN3S/c23-18-11-9-17(10-12-18)21-19-3-1-2-4-20(19)22(26-25-21)27-14-16-7-5-15(13-24)6-8-16/h1-12H,14H2. The maximum absolute atomic E-state index is 8.91. The molecule has 0 aliphatic rings. The Morgan fingerprint density at radius 1 is 0.852 bits per heavy atom. The summed E-state index contributed by atoms with van der Waals surface area (Å²) in [6, 6.07) is 25.6. The van der Waals surface area contributed by atoms with Gasteiger partial charge in [-0.1, -0.05) is 71.9 Å². The molecule has 0 fully saturated rings. The summed E-state index contributed by atoms with van der Waals surface area (Å²) >= 11 is 7.65. The van der Waals surface area contributed by atoms with Gasteiger partial charge in [-0.05, 0) is 29.8 Å². The Morgan fingerprint density at radius 2 is 1.56 bits per heavy atom. The van der Waals surface area contributed by atoms with E-state index in [0.717, 1.165) is 38.4 Å². The van der Waals surface area contributed by atoms with Crippen molar-refractivity contribution in [2.24, 2.45) is 0 Å². The minimum Gasteiger partial charge on any atom is -0.192 e. The first-order valence-electron chi connectivity index (χ1n) is 8.38. The van der Waals surface area contributed by atoms with Crippen molar-refractivity contribution >= 4 is 34.1 Å². The van der Waals surface area contributed by atoms with E-state index >= 15 is 0 Å². The molecule has 3 aromatic carbocycles. The maximum Gasteiger partial charge on any atom is 0.127 e. The van der Waals surface area contributed by atoms with Crippen molar-refractivity contribution in [3.63, 3.8) is 0 Å². The minimum absolute atomic E-state index is 0.668. The van der Waals surface area contributed by atoms with Gasteiger partial charge in [0.1, 0.15) is 10.7 Å². The third-order valence-electron chi connectivity index (χ3n) is 4.23. The van der Waals surface area contributed by atoms with E-state index in [1.165, 1.54) is 0 Å². The van der Waals surface area contributed by atoms with Gasteiger partial charge >= 0.3 is 0 Å². The van der Waals surface area contributed by atoms with E-state index in [2.05, 4.69) is 28.4 Å². The van der Waals surface area contributed by atoms with Gasteiger partial charge in [-0.2, -0.15) is 5.26 Å². The van der Waals surface area contributed by atoms with Gasteiger partial charge in [0, 0.05) is 27.1 Å². The van der Waals surface area contributed by atoms with Crippen LogP contribution in [0.5, 0.6) is 0 Å². The summed E-state index contributed by atoms with van der Waals surface area (Å²) in [6.07, 6.45) is 0. The van der Waals surface area contributed by atoms with Gasteiger partial charge in [0.15, 0.2) is 0 Å². The fraction of sp³-hybridized carbons (Fsp3) is 0.0455. The highest BCUT2D eigenvalue weighted by Gasteiger charge is 2.11. The van der Waals surface area contributed by atoms with Crippen LogP contribution in [0.1, 0.15) is 11.1 Å². The summed E-state index contributed by atoms with van der Waals surface area (Å²) in [7, 11) is 0. The molecule has 1 aromatic heterocycles. The van der Waals surface area contributed by atoms with Crippen LogP contribution in [0.4, 0.5) is 0 Å². The number of benzene rings is 3. The summed E-state index contributed by atoms with van der Waals surface area (Å²) < 4.78 is 0. The molecule has 0 aliphatic carbocycles. The molecule has 5 heteroatoms. The quantitative estimate of drug-likeness (QED) is 0.396. The number of halogens is 1. The smallest absolute Gasteiger partial charge is 0.127 e. The van der Waals surface area contributed by atoms with E-state index in [4.69, 9.17) is 16.9 Å². The van der Waals surface area contributed by atoms with E-state index in [1.54, 1.807) is 11.8 Å². The maximum atomic E-state index is 8.91. The highest BCUT2D eigenvalue weighted by molar-refractivity contribution is 7.98. The van der Waals surface area contributed by atoms with Crippen LogP contribution in [-0.2, 0) is 5.75 Å². The van der Waals surface area contributed by atoms with Crippen molar-refractivity contribution < 1.29 is 0 Å². The summed E-state index contributed by atoms with van der Waals surface area (Å²) in [5, 5.41) is 21.6. The Balaban J connectivity index is 1.67. The highest BCUT2D eigenvalue weighted by Crippen LogP contribution is 2.33. The molecule has 0 radical (unpaired) electrons. The summed E-state index contributed by atoms with van der Waals surface area (Å²) in [6.45, 7) is 0. The van der Waals surface area contributed by atoms with E-state index in [1.807, 2.05) is 60.7 Å². The zero-order chi connectivity index (χ0) is 18.6. The zero-order valence-corrected chi connectivity index (χ0v) is 15.8. The fourth-order valence-corrected chi connectivity index (χ4v) is 3.89. The molecule has 0 unspecified atom stereocenters. The average Bonchev–Trinajstić information content (AvgIpc) is 2.73. The Kier molecular flexibility index (Phi) is 5.06. The number of aromatic nitrogens is 2. The molecular weight excluding hydrogens is 374 g/mol. The monoisotopic (exact) mass is 387 g/mol. The molecule has 0 aliphatic heterocycles. The number of fused-ring (bicyclic) bond motifs is 1. The van der Waals surface area contributed by atoms with Crippen molar-refractivity contribution in [2.75, 3.05) is 0 Å². The number of rotatable bonds is 4. The Bertz CT molecular complexity index is 1130. The van der Waals surface area contributed by atoms with Gasteiger partial charge in [-0.25, -0.2) is 0 Å². The molecular formula is C22H14ClN3S. The number of nitrogens with zero attached hydrogens (tertiary/aromatic N) is 3. The fourth-order valence-electron chi connectivity index (χ4n) is 2.83. The second-order valence-electron chi connectivity index (χ2n) is 6.00. The lowest BCUT2D eigenvalue weighted by molar-refractivity contribution is 0.961. The molecule has 4 rings (SSSR count). The third-order valence-corrected chi connectivity index (χ3v) is 5.53. The molecule has 0 atom stereocenters. The van der Waals surface area contributed by atoms with Crippen LogP contribution < -0.4 is 0 Å². The first-order valence-corrected chi connectivity index (χ1v) is 9.74. The molecule has 0 amide bonds. The van der Waals surface area contributed by atoms with Gasteiger partial charge in [-0.3, -0.25) is 0 Å². The van der Waals surface area contributed by atoms with Crippen molar-refractivity contribution in [1.29, 1.82) is 5.26 Å². The second-order valence-corrected chi connectivity index (χ2v) is 7.40. The van der Waals surface area contributed by atoms with E-state index in [-0.39, 0.29) is 0 Å². The predicted octanol–water partition coefficient (Wildman–Crippen LogP) is 6.11. The second kappa shape index (κ2) is 7.79. The molecule has 27 heavy (non-hydrogen) atoms. The van der Waals surface area contributed by atoms with Crippen LogP contribution in [0, 0.1) is 11.3 Å². The molecule has 0 saturated carbocycles. The van der Waals surface area contributed by atoms with Crippen molar-refractivity contribution in [2.45, 2.75) is 10.8 Å². The third kappa shape index (κ3) is 3.80. The first-order chi connectivity index (χ1) is 13.2. The van der Waals surface area contributed by atoms with E-state index in [9.17, 15) is 0 Å². The molecule has 0 saturated heterocycles. The lowest BCUT2D eigenvalue weighted by atomic mass is 10.1. The average molecular weight is 388 g/mol. The lowest BCUT2D eigenvalue weighted by Crippen LogP contribution is -1.94. The van der Waals surface area contributed by atoms with Crippen LogP contribution in [0.25, 0.3) is 22.0 Å². The summed E-state index contributed by atoms with van der Waals surface area (Å²) in [5.41, 5.74) is 3.66.